The molecule has 1 unspecified atom stereocenters. The lowest BCUT2D eigenvalue weighted by Gasteiger charge is -2.27. The van der Waals surface area contributed by atoms with Crippen LogP contribution in [-0.4, -0.2) is 61.5 Å². The molecule has 0 spiro atoms. The second kappa shape index (κ2) is 12.4. The molecule has 1 aliphatic rings. The van der Waals surface area contributed by atoms with Crippen LogP contribution in [0.15, 0.2) is 70.4 Å². The molecule has 2 aromatic carbocycles. The predicted molar refractivity (Wildman–Crippen MR) is 149 cm³/mol. The summed E-state index contributed by atoms with van der Waals surface area (Å²) in [7, 11) is 3.30. The number of carbonyl (C=O) groups excluding carboxylic acids is 1. The number of carboxylic acid groups (broad SMARTS) is 1. The first-order chi connectivity index (χ1) is 18.4. The van der Waals surface area contributed by atoms with Gasteiger partial charge in [0.25, 0.3) is 5.91 Å². The van der Waals surface area contributed by atoms with E-state index < -0.39 is 17.9 Å². The van der Waals surface area contributed by atoms with E-state index in [9.17, 15) is 14.7 Å². The molecule has 3 N–H and O–H groups in total. The smallest absolute Gasteiger partial charge is 0.326 e. The number of para-hydroxylation sites is 1. The monoisotopic (exact) mass is 582 g/mol. The Kier molecular flexibility index (Phi) is 9.04. The van der Waals surface area contributed by atoms with Gasteiger partial charge in [0.15, 0.2) is 0 Å². The number of carboxylic acids is 1. The molecule has 3 aromatic rings. The van der Waals surface area contributed by atoms with E-state index in [0.29, 0.717) is 29.9 Å². The van der Waals surface area contributed by atoms with Crippen LogP contribution in [0.3, 0.4) is 0 Å². The van der Waals surface area contributed by atoms with Crippen molar-refractivity contribution in [2.45, 2.75) is 31.9 Å². The second-order valence-corrected chi connectivity index (χ2v) is 9.77. The molecule has 0 saturated carbocycles. The minimum absolute atomic E-state index is 0.126. The number of aliphatic carboxylic acids is 1. The topological polar surface area (TPSA) is 110 Å². The fourth-order valence-corrected chi connectivity index (χ4v) is 5.23. The number of hydrogen-bond donors (Lipinski definition) is 3. The highest BCUT2D eigenvalue weighted by atomic mass is 79.9. The van der Waals surface area contributed by atoms with Crippen LogP contribution in [0.5, 0.6) is 0 Å². The van der Waals surface area contributed by atoms with Crippen LogP contribution in [0, 0.1) is 0 Å². The molecule has 0 saturated heterocycles. The number of hydrogen-bond acceptors (Lipinski definition) is 5. The predicted octanol–water partition coefficient (Wildman–Crippen LogP) is 5.10. The molecule has 1 amide bonds. The van der Waals surface area contributed by atoms with Gasteiger partial charge in [-0.3, -0.25) is 4.79 Å². The summed E-state index contributed by atoms with van der Waals surface area (Å²) in [5.74, 6) is -0.894. The van der Waals surface area contributed by atoms with Crippen LogP contribution in [0.2, 0.25) is 0 Å². The fraction of sp³-hybridized carbons (Fsp3) is 0.310. The van der Waals surface area contributed by atoms with Crippen molar-refractivity contribution < 1.29 is 28.9 Å². The molecular weight excluding hydrogens is 552 g/mol. The van der Waals surface area contributed by atoms with Crippen LogP contribution in [0.1, 0.15) is 35.0 Å². The van der Waals surface area contributed by atoms with Crippen LogP contribution >= 0.6 is 15.9 Å². The number of rotatable bonds is 11. The molecule has 1 heterocycles. The van der Waals surface area contributed by atoms with Crippen molar-refractivity contribution >= 4 is 44.3 Å². The van der Waals surface area contributed by atoms with Crippen LogP contribution in [0.4, 0.5) is 0 Å². The summed E-state index contributed by atoms with van der Waals surface area (Å²) in [6, 6.07) is 13.9. The molecular formula is C29H31BrN2O6. The maximum Gasteiger partial charge on any atom is 0.326 e. The number of halogens is 1. The van der Waals surface area contributed by atoms with Crippen molar-refractivity contribution in [1.29, 1.82) is 0 Å². The minimum Gasteiger partial charge on any atom is -0.496 e. The number of ether oxygens (including phenoxy) is 3. The third-order valence-corrected chi connectivity index (χ3v) is 7.37. The molecule has 0 aliphatic heterocycles. The average Bonchev–Trinajstić information content (AvgIpc) is 3.27. The Balaban J connectivity index is 1.52. The van der Waals surface area contributed by atoms with Gasteiger partial charge in [-0.1, -0.05) is 42.5 Å². The van der Waals surface area contributed by atoms with E-state index in [-0.39, 0.29) is 18.2 Å². The normalized spacial score (nSPS) is 16.3. The number of nitrogens with one attached hydrogen (secondary N) is 2. The molecule has 9 heteroatoms. The van der Waals surface area contributed by atoms with Gasteiger partial charge in [0.2, 0.25) is 0 Å². The van der Waals surface area contributed by atoms with E-state index in [1.807, 2.05) is 61.5 Å². The van der Waals surface area contributed by atoms with Crippen molar-refractivity contribution in [2.75, 3.05) is 27.4 Å². The molecule has 0 fully saturated rings. The lowest BCUT2D eigenvalue weighted by molar-refractivity contribution is -0.139. The number of aromatic amines is 1. The van der Waals surface area contributed by atoms with Crippen LogP contribution in [0.25, 0.3) is 16.5 Å². The van der Waals surface area contributed by atoms with E-state index in [1.54, 1.807) is 14.2 Å². The number of carbonyl (C=O) groups is 2. The molecule has 200 valence electrons. The lowest BCUT2D eigenvalue weighted by Crippen LogP contribution is -2.42. The number of aromatic nitrogens is 1. The van der Waals surface area contributed by atoms with E-state index in [4.69, 9.17) is 14.2 Å². The Bertz CT molecular complexity index is 1380. The number of methoxy groups -OCH3 is 2. The van der Waals surface area contributed by atoms with Gasteiger partial charge in [-0.2, -0.15) is 0 Å². The number of fused-ring (bicyclic) bond motifs is 1. The molecule has 4 rings (SSSR count). The summed E-state index contributed by atoms with van der Waals surface area (Å²) >= 11 is 3.45. The van der Waals surface area contributed by atoms with E-state index in [2.05, 4.69) is 26.2 Å². The van der Waals surface area contributed by atoms with Crippen molar-refractivity contribution in [3.05, 3.63) is 87.2 Å². The Morgan fingerprint density at radius 2 is 1.89 bits per heavy atom. The zero-order valence-corrected chi connectivity index (χ0v) is 23.1. The number of amides is 1. The maximum absolute atomic E-state index is 12.9. The summed E-state index contributed by atoms with van der Waals surface area (Å²) in [5.41, 5.74) is 4.78. The zero-order chi connectivity index (χ0) is 27.2. The first-order valence-electron chi connectivity index (χ1n) is 12.3. The van der Waals surface area contributed by atoms with E-state index in [1.165, 1.54) is 0 Å². The second-order valence-electron chi connectivity index (χ2n) is 8.98. The highest BCUT2D eigenvalue weighted by Gasteiger charge is 2.27. The number of benzene rings is 2. The Morgan fingerprint density at radius 1 is 1.16 bits per heavy atom. The van der Waals surface area contributed by atoms with Gasteiger partial charge < -0.3 is 29.6 Å². The maximum atomic E-state index is 12.9. The first kappa shape index (κ1) is 27.6. The molecule has 0 bridgehead atoms. The molecule has 38 heavy (non-hydrogen) atoms. The summed E-state index contributed by atoms with van der Waals surface area (Å²) in [6.45, 7) is 3.11. The summed E-state index contributed by atoms with van der Waals surface area (Å²) < 4.78 is 17.6. The van der Waals surface area contributed by atoms with Crippen LogP contribution < -0.4 is 5.32 Å². The van der Waals surface area contributed by atoms with Gasteiger partial charge in [-0.25, -0.2) is 4.79 Å². The van der Waals surface area contributed by atoms with Crippen molar-refractivity contribution in [1.82, 2.24) is 10.3 Å². The summed E-state index contributed by atoms with van der Waals surface area (Å²) in [4.78, 5) is 28.0. The van der Waals surface area contributed by atoms with Gasteiger partial charge in [-0.05, 0) is 51.7 Å². The number of H-pyrrole nitrogens is 1. The van der Waals surface area contributed by atoms with Crippen molar-refractivity contribution in [3.63, 3.8) is 0 Å². The van der Waals surface area contributed by atoms with Crippen molar-refractivity contribution in [2.24, 2.45) is 0 Å². The van der Waals surface area contributed by atoms with Gasteiger partial charge in [-0.15, -0.1) is 0 Å². The SMILES string of the molecule is CCOCC1=CC(OC)=C(c2ccc(C[C@H](NC(=O)c3[nH]c4ccccc4c3Br)C(=O)O)cc2)C(OC)C1. The van der Waals surface area contributed by atoms with Gasteiger partial charge >= 0.3 is 5.97 Å². The lowest BCUT2D eigenvalue weighted by atomic mass is 9.88. The third-order valence-electron chi connectivity index (χ3n) is 6.54. The first-order valence-corrected chi connectivity index (χ1v) is 13.1. The highest BCUT2D eigenvalue weighted by Crippen LogP contribution is 2.34. The van der Waals surface area contributed by atoms with Gasteiger partial charge in [0, 0.05) is 43.0 Å². The largest absolute Gasteiger partial charge is 0.496 e. The fourth-order valence-electron chi connectivity index (χ4n) is 4.60. The van der Waals surface area contributed by atoms with E-state index in [0.717, 1.165) is 33.2 Å². The van der Waals surface area contributed by atoms with Gasteiger partial charge in [0.1, 0.15) is 17.5 Å². The summed E-state index contributed by atoms with van der Waals surface area (Å²) in [6.07, 6.45) is 2.61. The minimum atomic E-state index is -1.11. The van der Waals surface area contributed by atoms with E-state index >= 15 is 0 Å². The Labute approximate surface area is 229 Å². The standard InChI is InChI=1S/C29H31BrN2O6/c1-4-38-16-18-14-23(36-2)25(24(15-18)37-3)19-11-9-17(10-12-19)13-22(29(34)35)32-28(33)27-26(30)20-7-5-6-8-21(20)31-27/h5-12,14,22,24,31H,4,13,15-16H2,1-3H3,(H,32,33)(H,34,35)/t22-,24?/m0/s1. The molecule has 1 aromatic heterocycles. The average molecular weight is 583 g/mol. The molecule has 2 atom stereocenters. The van der Waals surface area contributed by atoms with Gasteiger partial charge in [0.05, 0.1) is 24.3 Å². The Hall–Kier alpha value is -3.40. The zero-order valence-electron chi connectivity index (χ0n) is 21.5. The highest BCUT2D eigenvalue weighted by molar-refractivity contribution is 9.10. The molecule has 0 radical (unpaired) electrons. The summed E-state index contributed by atoms with van der Waals surface area (Å²) in [5, 5.41) is 13.3. The Morgan fingerprint density at radius 3 is 2.53 bits per heavy atom. The molecule has 8 nitrogen and oxygen atoms in total. The third kappa shape index (κ3) is 6.01. The quantitative estimate of drug-likeness (QED) is 0.290. The van der Waals surface area contributed by atoms with Crippen LogP contribution in [-0.2, 0) is 25.4 Å². The van der Waals surface area contributed by atoms with Crippen molar-refractivity contribution in [3.8, 4) is 0 Å². The molecule has 1 aliphatic carbocycles. The number of allylic oxidation sites excluding steroid dienone is 1.